The minimum Gasteiger partial charge on any atom is -0.464 e. The lowest BCUT2D eigenvalue weighted by Crippen LogP contribution is -2.13. The molecule has 0 heterocycles. The third-order valence-corrected chi connectivity index (χ3v) is 5.01. The highest BCUT2D eigenvalue weighted by molar-refractivity contribution is 7.96. The molecule has 3 rings (SSSR count). The Kier molecular flexibility index (Phi) is 8.04. The van der Waals surface area contributed by atoms with Gasteiger partial charge in [-0.15, -0.1) is 0 Å². The zero-order valence-corrected chi connectivity index (χ0v) is 16.3. The maximum absolute atomic E-state index is 11.5. The van der Waals surface area contributed by atoms with Gasteiger partial charge in [0.2, 0.25) is 0 Å². The average molecular weight is 393 g/mol. The first-order valence-electron chi connectivity index (χ1n) is 7.35. The number of fused-ring (bicyclic) bond motifs is 3. The van der Waals surface area contributed by atoms with E-state index in [0.29, 0.717) is 20.2 Å². The van der Waals surface area contributed by atoms with E-state index >= 15 is 0 Å². The summed E-state index contributed by atoms with van der Waals surface area (Å²) < 4.78 is 5.37. The SMILES string of the molecule is NCP=S.O=C(CP=S)OCC1c2ccccc2-c2ccccc21. The number of rotatable bonds is 5. The Labute approximate surface area is 155 Å². The fourth-order valence-corrected chi connectivity index (χ4v) is 3.23. The van der Waals surface area contributed by atoms with Crippen molar-refractivity contribution in [2.24, 2.45) is 5.73 Å². The lowest BCUT2D eigenvalue weighted by molar-refractivity contribution is -0.140. The van der Waals surface area contributed by atoms with Gasteiger partial charge in [-0.25, -0.2) is 0 Å². The lowest BCUT2D eigenvalue weighted by atomic mass is 9.98. The highest BCUT2D eigenvalue weighted by atomic mass is 32.4. The van der Waals surface area contributed by atoms with Crippen LogP contribution in [-0.2, 0) is 33.1 Å². The molecule has 0 atom stereocenters. The van der Waals surface area contributed by atoms with Gasteiger partial charge in [0, 0.05) is 12.2 Å². The molecule has 0 aromatic heterocycles. The van der Waals surface area contributed by atoms with E-state index in [0.717, 1.165) is 7.36 Å². The van der Waals surface area contributed by atoms with Gasteiger partial charge in [0.1, 0.15) is 6.61 Å². The Morgan fingerprint density at radius 2 is 1.50 bits per heavy atom. The molecule has 0 bridgehead atoms. The first-order valence-corrected chi connectivity index (χ1v) is 11.5. The van der Waals surface area contributed by atoms with E-state index < -0.39 is 0 Å². The van der Waals surface area contributed by atoms with Crippen molar-refractivity contribution < 1.29 is 9.53 Å². The Bertz CT molecular complexity index is 695. The predicted molar refractivity (Wildman–Crippen MR) is 107 cm³/mol. The zero-order chi connectivity index (χ0) is 17.4. The number of carbonyl (C=O) groups excluding carboxylic acids is 1. The molecule has 124 valence electrons. The summed E-state index contributed by atoms with van der Waals surface area (Å²) in [6.07, 6.45) is 0.890. The van der Waals surface area contributed by atoms with Crippen LogP contribution in [0.15, 0.2) is 48.5 Å². The van der Waals surface area contributed by atoms with Crippen molar-refractivity contribution in [3.63, 3.8) is 0 Å². The zero-order valence-electron chi connectivity index (χ0n) is 12.9. The molecule has 0 unspecified atom stereocenters. The van der Waals surface area contributed by atoms with Crippen LogP contribution in [0, 0.1) is 0 Å². The van der Waals surface area contributed by atoms with Crippen LogP contribution >= 0.6 is 14.7 Å². The van der Waals surface area contributed by atoms with E-state index in [4.69, 9.17) is 22.3 Å². The Morgan fingerprint density at radius 1 is 1.00 bits per heavy atom. The largest absolute Gasteiger partial charge is 0.464 e. The van der Waals surface area contributed by atoms with Crippen molar-refractivity contribution in [3.8, 4) is 11.1 Å². The molecular formula is C17H17NO2P2S2. The number of hydrogen-bond acceptors (Lipinski definition) is 5. The summed E-state index contributed by atoms with van der Waals surface area (Å²) in [6.45, 7) is 0.387. The molecule has 2 aromatic carbocycles. The van der Waals surface area contributed by atoms with Gasteiger partial charge >= 0.3 is 5.97 Å². The number of hydrogen-bond donors (Lipinski definition) is 1. The number of benzene rings is 2. The Morgan fingerprint density at radius 3 is 1.96 bits per heavy atom. The van der Waals surface area contributed by atoms with Gasteiger partial charge in [-0.3, -0.25) is 4.79 Å². The number of carbonyl (C=O) groups is 1. The second-order valence-electron chi connectivity index (χ2n) is 5.01. The predicted octanol–water partition coefficient (Wildman–Crippen LogP) is 4.06. The summed E-state index contributed by atoms with van der Waals surface area (Å²) in [5.74, 6) is -0.0864. The number of esters is 1. The van der Waals surface area contributed by atoms with E-state index in [1.165, 1.54) is 22.3 Å². The minimum absolute atomic E-state index is 0.133. The summed E-state index contributed by atoms with van der Waals surface area (Å²) >= 11 is 9.18. The van der Waals surface area contributed by atoms with Crippen molar-refractivity contribution >= 4 is 44.3 Å². The van der Waals surface area contributed by atoms with Crippen LogP contribution in [0.2, 0.25) is 0 Å². The fraction of sp³-hybridized carbons (Fsp3) is 0.235. The number of nitrogens with two attached hydrogens (primary N) is 1. The van der Waals surface area contributed by atoms with Crippen LogP contribution in [0.1, 0.15) is 17.0 Å². The molecule has 0 spiro atoms. The van der Waals surface area contributed by atoms with Gasteiger partial charge in [0.25, 0.3) is 0 Å². The molecule has 0 saturated heterocycles. The summed E-state index contributed by atoms with van der Waals surface area (Å²) in [7, 11) is 1.49. The van der Waals surface area contributed by atoms with Crippen molar-refractivity contribution in [1.29, 1.82) is 0 Å². The summed E-state index contributed by atoms with van der Waals surface area (Å²) in [6, 6.07) is 16.6. The molecule has 7 heteroatoms. The van der Waals surface area contributed by atoms with Crippen LogP contribution in [0.3, 0.4) is 0 Å². The molecule has 2 aromatic rings. The maximum atomic E-state index is 11.5. The van der Waals surface area contributed by atoms with E-state index in [1.807, 2.05) is 24.3 Å². The molecule has 3 nitrogen and oxygen atoms in total. The quantitative estimate of drug-likeness (QED) is 0.613. The van der Waals surface area contributed by atoms with Crippen molar-refractivity contribution in [2.45, 2.75) is 5.92 Å². The van der Waals surface area contributed by atoms with Gasteiger partial charge in [-0.2, -0.15) is 0 Å². The lowest BCUT2D eigenvalue weighted by Gasteiger charge is -2.13. The Balaban J connectivity index is 0.000000471. The van der Waals surface area contributed by atoms with Crippen LogP contribution in [0.4, 0.5) is 0 Å². The molecule has 24 heavy (non-hydrogen) atoms. The Hall–Kier alpha value is -1.09. The molecule has 1 aliphatic carbocycles. The van der Waals surface area contributed by atoms with E-state index in [2.05, 4.69) is 36.1 Å². The van der Waals surface area contributed by atoms with Crippen molar-refractivity contribution in [3.05, 3.63) is 59.7 Å². The minimum atomic E-state index is -0.219. The van der Waals surface area contributed by atoms with E-state index in [9.17, 15) is 4.79 Å². The monoisotopic (exact) mass is 393 g/mol. The molecular weight excluding hydrogens is 376 g/mol. The van der Waals surface area contributed by atoms with Crippen molar-refractivity contribution in [1.82, 2.24) is 0 Å². The standard InChI is InChI=1S/C16H13O2PS.CH4NPS/c17-16(10-19-20)18-9-15-13-7-3-1-5-11(13)12-6-2-4-8-14(12)15;2-1-3-4/h1-8,15H,9-10H2;1-2H2. The highest BCUT2D eigenvalue weighted by Gasteiger charge is 2.28. The van der Waals surface area contributed by atoms with E-state index in [-0.39, 0.29) is 18.0 Å². The van der Waals surface area contributed by atoms with E-state index in [1.54, 1.807) is 0 Å². The van der Waals surface area contributed by atoms with Gasteiger partial charge < -0.3 is 10.5 Å². The summed E-state index contributed by atoms with van der Waals surface area (Å²) in [4.78, 5) is 11.5. The first-order chi connectivity index (χ1) is 11.7. The molecule has 0 fully saturated rings. The molecule has 0 radical (unpaired) electrons. The summed E-state index contributed by atoms with van der Waals surface area (Å²) in [5, 5.41) is 0. The fourth-order valence-electron chi connectivity index (χ4n) is 2.71. The van der Waals surface area contributed by atoms with Gasteiger partial charge in [-0.05, 0) is 37.0 Å². The van der Waals surface area contributed by atoms with Crippen LogP contribution in [0.5, 0.6) is 0 Å². The van der Waals surface area contributed by atoms with Gasteiger partial charge in [0.05, 0.1) is 6.16 Å². The maximum Gasteiger partial charge on any atom is 0.315 e. The van der Waals surface area contributed by atoms with Gasteiger partial charge in [-0.1, -0.05) is 72.1 Å². The third kappa shape index (κ3) is 4.72. The second kappa shape index (κ2) is 10.0. The number of ether oxygens (including phenoxy) is 1. The molecule has 0 saturated carbocycles. The van der Waals surface area contributed by atoms with Crippen LogP contribution in [-0.4, -0.2) is 25.0 Å². The van der Waals surface area contributed by atoms with Crippen molar-refractivity contribution in [2.75, 3.05) is 19.1 Å². The second-order valence-corrected chi connectivity index (χ2v) is 7.76. The third-order valence-electron chi connectivity index (χ3n) is 3.64. The first kappa shape index (κ1) is 19.2. The molecule has 1 aliphatic rings. The molecule has 2 N–H and O–H groups in total. The highest BCUT2D eigenvalue weighted by Crippen LogP contribution is 2.44. The molecule has 0 aliphatic heterocycles. The normalized spacial score (nSPS) is 12.2. The van der Waals surface area contributed by atoms with Crippen LogP contribution in [0.25, 0.3) is 11.1 Å². The topological polar surface area (TPSA) is 52.3 Å². The summed E-state index contributed by atoms with van der Waals surface area (Å²) in [5.41, 5.74) is 9.86. The van der Waals surface area contributed by atoms with Gasteiger partial charge in [0.15, 0.2) is 0 Å². The molecule has 0 amide bonds. The van der Waals surface area contributed by atoms with Crippen LogP contribution < -0.4 is 5.73 Å². The average Bonchev–Trinajstić information content (AvgIpc) is 2.94. The smallest absolute Gasteiger partial charge is 0.315 e.